The molecule has 1 aromatic rings. The first-order valence-corrected chi connectivity index (χ1v) is 8.33. The van der Waals surface area contributed by atoms with Gasteiger partial charge in [-0.1, -0.05) is 6.42 Å². The molecule has 5 nitrogen and oxygen atoms in total. The Morgan fingerprint density at radius 3 is 2.74 bits per heavy atom. The summed E-state index contributed by atoms with van der Waals surface area (Å²) in [6.45, 7) is 1.02. The minimum atomic E-state index is -3.21. The number of hydrogen-bond acceptors (Lipinski definition) is 4. The number of nitrogens with two attached hydrogens (primary N) is 1. The summed E-state index contributed by atoms with van der Waals surface area (Å²) in [5.41, 5.74) is 6.68. The van der Waals surface area contributed by atoms with E-state index < -0.39 is 10.0 Å². The van der Waals surface area contributed by atoms with Gasteiger partial charge in [0.25, 0.3) is 0 Å². The zero-order valence-electron chi connectivity index (χ0n) is 11.0. The molecule has 2 rings (SSSR count). The molecule has 0 amide bonds. The van der Waals surface area contributed by atoms with Gasteiger partial charge in [-0.3, -0.25) is 4.98 Å². The third-order valence-corrected chi connectivity index (χ3v) is 5.52. The quantitative estimate of drug-likeness (QED) is 0.866. The van der Waals surface area contributed by atoms with Crippen molar-refractivity contribution in [3.05, 3.63) is 30.1 Å². The van der Waals surface area contributed by atoms with Crippen LogP contribution in [0.5, 0.6) is 0 Å². The van der Waals surface area contributed by atoms with E-state index in [0.29, 0.717) is 19.5 Å². The highest BCUT2D eigenvalue weighted by atomic mass is 32.2. The van der Waals surface area contributed by atoms with E-state index in [9.17, 15) is 8.42 Å². The first-order valence-electron chi connectivity index (χ1n) is 6.72. The molecule has 1 atom stereocenters. The number of aromatic nitrogens is 1. The number of hydrogen-bond donors (Lipinski definition) is 1. The fourth-order valence-corrected chi connectivity index (χ4v) is 4.27. The first-order chi connectivity index (χ1) is 9.13. The number of rotatable bonds is 5. The molecule has 1 aliphatic rings. The molecule has 106 valence electrons. The normalized spacial score (nSPS) is 21.4. The largest absolute Gasteiger partial charge is 0.329 e. The van der Waals surface area contributed by atoms with Crippen LogP contribution in [0.1, 0.15) is 24.8 Å². The van der Waals surface area contributed by atoms with Gasteiger partial charge in [0.2, 0.25) is 10.0 Å². The predicted octanol–water partition coefficient (Wildman–Crippen LogP) is 0.767. The smallest absolute Gasteiger partial charge is 0.214 e. The Labute approximate surface area is 114 Å². The maximum absolute atomic E-state index is 12.4. The molecule has 0 bridgehead atoms. The van der Waals surface area contributed by atoms with Crippen molar-refractivity contribution in [3.63, 3.8) is 0 Å². The molecule has 6 heteroatoms. The third-order valence-electron chi connectivity index (χ3n) is 3.60. The van der Waals surface area contributed by atoms with Gasteiger partial charge in [0.05, 0.1) is 5.75 Å². The lowest BCUT2D eigenvalue weighted by Gasteiger charge is -2.33. The van der Waals surface area contributed by atoms with E-state index in [2.05, 4.69) is 4.98 Å². The van der Waals surface area contributed by atoms with Crippen molar-refractivity contribution in [3.8, 4) is 0 Å². The fourth-order valence-electron chi connectivity index (χ4n) is 2.49. The monoisotopic (exact) mass is 283 g/mol. The molecule has 1 aliphatic heterocycles. The van der Waals surface area contributed by atoms with Crippen molar-refractivity contribution in [2.75, 3.05) is 18.8 Å². The van der Waals surface area contributed by atoms with Crippen LogP contribution in [0.2, 0.25) is 0 Å². The van der Waals surface area contributed by atoms with E-state index in [0.717, 1.165) is 24.8 Å². The SMILES string of the molecule is NCC1CCCCN1S(=O)(=O)CCc1ccncc1. The Balaban J connectivity index is 2.01. The Kier molecular flexibility index (Phi) is 4.90. The average Bonchev–Trinajstić information content (AvgIpc) is 2.46. The Bertz CT molecular complexity index is 490. The summed E-state index contributed by atoms with van der Waals surface area (Å²) in [4.78, 5) is 3.93. The molecular formula is C13H21N3O2S. The summed E-state index contributed by atoms with van der Waals surface area (Å²) in [6, 6.07) is 3.69. The molecule has 0 aliphatic carbocycles. The number of piperidine rings is 1. The average molecular weight is 283 g/mol. The van der Waals surface area contributed by atoms with Gasteiger partial charge in [0.1, 0.15) is 0 Å². The molecule has 0 radical (unpaired) electrons. The van der Waals surface area contributed by atoms with Crippen LogP contribution in [-0.2, 0) is 16.4 Å². The van der Waals surface area contributed by atoms with Gasteiger partial charge in [0.15, 0.2) is 0 Å². The highest BCUT2D eigenvalue weighted by Gasteiger charge is 2.30. The van der Waals surface area contributed by atoms with Gasteiger partial charge in [-0.25, -0.2) is 8.42 Å². The second kappa shape index (κ2) is 6.45. The molecule has 1 aromatic heterocycles. The van der Waals surface area contributed by atoms with E-state index >= 15 is 0 Å². The van der Waals surface area contributed by atoms with Crippen molar-refractivity contribution >= 4 is 10.0 Å². The summed E-state index contributed by atoms with van der Waals surface area (Å²) in [5.74, 6) is 0.146. The van der Waals surface area contributed by atoms with Gasteiger partial charge >= 0.3 is 0 Å². The lowest BCUT2D eigenvalue weighted by molar-refractivity contribution is 0.257. The highest BCUT2D eigenvalue weighted by molar-refractivity contribution is 7.89. The van der Waals surface area contributed by atoms with E-state index in [1.165, 1.54) is 0 Å². The molecule has 0 aromatic carbocycles. The first kappa shape index (κ1) is 14.4. The maximum Gasteiger partial charge on any atom is 0.214 e. The maximum atomic E-state index is 12.4. The number of aryl methyl sites for hydroxylation is 1. The van der Waals surface area contributed by atoms with E-state index in [1.807, 2.05) is 12.1 Å². The Morgan fingerprint density at radius 1 is 1.32 bits per heavy atom. The second-order valence-electron chi connectivity index (χ2n) is 4.92. The van der Waals surface area contributed by atoms with Crippen LogP contribution >= 0.6 is 0 Å². The Hall–Kier alpha value is -0.980. The highest BCUT2D eigenvalue weighted by Crippen LogP contribution is 2.20. The molecule has 0 spiro atoms. The second-order valence-corrected chi connectivity index (χ2v) is 6.96. The lowest BCUT2D eigenvalue weighted by atomic mass is 10.1. The van der Waals surface area contributed by atoms with Gasteiger partial charge in [-0.15, -0.1) is 0 Å². The van der Waals surface area contributed by atoms with Crippen LogP contribution in [-0.4, -0.2) is 42.6 Å². The zero-order chi connectivity index (χ0) is 13.7. The molecular weight excluding hydrogens is 262 g/mol. The van der Waals surface area contributed by atoms with E-state index in [-0.39, 0.29) is 11.8 Å². The predicted molar refractivity (Wildman–Crippen MR) is 75.1 cm³/mol. The minimum absolute atomic E-state index is 0.0174. The molecule has 19 heavy (non-hydrogen) atoms. The van der Waals surface area contributed by atoms with Crippen LogP contribution in [0.4, 0.5) is 0 Å². The van der Waals surface area contributed by atoms with Crippen molar-refractivity contribution < 1.29 is 8.42 Å². The summed E-state index contributed by atoms with van der Waals surface area (Å²) in [7, 11) is -3.21. The summed E-state index contributed by atoms with van der Waals surface area (Å²) in [5, 5.41) is 0. The standard InChI is InChI=1S/C13H21N3O2S/c14-11-13-3-1-2-9-16(13)19(17,18)10-6-12-4-7-15-8-5-12/h4-5,7-8,13H,1-3,6,9-11,14H2. The number of sulfonamides is 1. The van der Waals surface area contributed by atoms with Crippen LogP contribution < -0.4 is 5.73 Å². The van der Waals surface area contributed by atoms with Crippen molar-refractivity contribution in [1.29, 1.82) is 0 Å². The van der Waals surface area contributed by atoms with Crippen molar-refractivity contribution in [2.45, 2.75) is 31.7 Å². The molecule has 1 unspecified atom stereocenters. The lowest BCUT2D eigenvalue weighted by Crippen LogP contribution is -2.48. The molecule has 0 saturated carbocycles. The minimum Gasteiger partial charge on any atom is -0.329 e. The number of nitrogens with zero attached hydrogens (tertiary/aromatic N) is 2. The number of pyridine rings is 1. The van der Waals surface area contributed by atoms with E-state index in [4.69, 9.17) is 5.73 Å². The fraction of sp³-hybridized carbons (Fsp3) is 0.615. The van der Waals surface area contributed by atoms with E-state index in [1.54, 1.807) is 16.7 Å². The van der Waals surface area contributed by atoms with Gasteiger partial charge < -0.3 is 5.73 Å². The van der Waals surface area contributed by atoms with Crippen LogP contribution in [0, 0.1) is 0 Å². The van der Waals surface area contributed by atoms with Gasteiger partial charge in [-0.2, -0.15) is 4.31 Å². The summed E-state index contributed by atoms with van der Waals surface area (Å²) >= 11 is 0. The molecule has 2 N–H and O–H groups in total. The molecule has 1 fully saturated rings. The van der Waals surface area contributed by atoms with Crippen molar-refractivity contribution in [2.24, 2.45) is 5.73 Å². The van der Waals surface area contributed by atoms with Crippen LogP contribution in [0.3, 0.4) is 0 Å². The Morgan fingerprint density at radius 2 is 2.05 bits per heavy atom. The summed E-state index contributed by atoms with van der Waals surface area (Å²) in [6.07, 6.45) is 6.78. The third kappa shape index (κ3) is 3.75. The summed E-state index contributed by atoms with van der Waals surface area (Å²) < 4.78 is 26.4. The topological polar surface area (TPSA) is 76.3 Å². The van der Waals surface area contributed by atoms with Crippen molar-refractivity contribution in [1.82, 2.24) is 9.29 Å². The molecule has 2 heterocycles. The van der Waals surface area contributed by atoms with Crippen LogP contribution in [0.25, 0.3) is 0 Å². The zero-order valence-corrected chi connectivity index (χ0v) is 11.8. The van der Waals surface area contributed by atoms with Gasteiger partial charge in [-0.05, 0) is 37.0 Å². The van der Waals surface area contributed by atoms with Crippen LogP contribution in [0.15, 0.2) is 24.5 Å². The van der Waals surface area contributed by atoms with Gasteiger partial charge in [0, 0.05) is 31.5 Å². The molecule has 1 saturated heterocycles.